The number of carbonyl (C=O) groups is 1. The van der Waals surface area contributed by atoms with Crippen LogP contribution in [0, 0.1) is 0 Å². The second-order valence-corrected chi connectivity index (χ2v) is 7.61. The first-order chi connectivity index (χ1) is 14.3. The molecule has 0 aliphatic carbocycles. The van der Waals surface area contributed by atoms with Crippen molar-refractivity contribution >= 4 is 5.78 Å². The van der Waals surface area contributed by atoms with E-state index < -0.39 is 0 Å². The molecule has 2 aliphatic heterocycles. The van der Waals surface area contributed by atoms with Gasteiger partial charge in [-0.05, 0) is 36.4 Å². The molecule has 1 aromatic carbocycles. The van der Waals surface area contributed by atoms with Gasteiger partial charge in [-0.3, -0.25) is 4.79 Å². The Morgan fingerprint density at radius 2 is 1.55 bits per heavy atom. The summed E-state index contributed by atoms with van der Waals surface area (Å²) in [7, 11) is 1.67. The zero-order valence-electron chi connectivity index (χ0n) is 16.9. The largest absolute Gasteiger partial charge is 0.497 e. The SMILES string of the molecule is COc1ccc([C@H]([C@H](C(=O)c2ccco2)[NH+]2CCOCC2)[NH+]2CCOCC2)cc1. The van der Waals surface area contributed by atoms with Gasteiger partial charge < -0.3 is 28.4 Å². The third kappa shape index (κ3) is 4.53. The lowest BCUT2D eigenvalue weighted by Gasteiger charge is -2.39. The van der Waals surface area contributed by atoms with E-state index in [4.69, 9.17) is 18.6 Å². The summed E-state index contributed by atoms with van der Waals surface area (Å²) in [5.41, 5.74) is 1.14. The lowest BCUT2D eigenvalue weighted by molar-refractivity contribution is -0.999. The number of methoxy groups -OCH3 is 1. The highest BCUT2D eigenvalue weighted by molar-refractivity contribution is 5.97. The van der Waals surface area contributed by atoms with Gasteiger partial charge in [-0.2, -0.15) is 0 Å². The van der Waals surface area contributed by atoms with E-state index >= 15 is 0 Å². The molecular formula is C22H30N2O5+2. The molecule has 1 aromatic heterocycles. The normalized spacial score (nSPS) is 20.9. The van der Waals surface area contributed by atoms with Gasteiger partial charge in [0.1, 0.15) is 31.9 Å². The maximum Gasteiger partial charge on any atom is 0.261 e. The molecule has 29 heavy (non-hydrogen) atoms. The van der Waals surface area contributed by atoms with Crippen LogP contribution in [-0.4, -0.2) is 71.5 Å². The summed E-state index contributed by atoms with van der Waals surface area (Å²) in [5, 5.41) is 0. The van der Waals surface area contributed by atoms with Crippen LogP contribution in [0.25, 0.3) is 0 Å². The Kier molecular flexibility index (Phi) is 6.61. The Morgan fingerprint density at radius 1 is 0.931 bits per heavy atom. The fourth-order valence-electron chi connectivity index (χ4n) is 4.51. The zero-order valence-corrected chi connectivity index (χ0v) is 16.9. The summed E-state index contributed by atoms with van der Waals surface area (Å²) in [5.74, 6) is 1.31. The third-order valence-electron chi connectivity index (χ3n) is 6.00. The van der Waals surface area contributed by atoms with Crippen LogP contribution in [0.4, 0.5) is 0 Å². The van der Waals surface area contributed by atoms with Crippen LogP contribution < -0.4 is 14.5 Å². The molecule has 4 rings (SSSR count). The Hall–Kier alpha value is -2.19. The molecule has 2 saturated heterocycles. The number of furan rings is 1. The quantitative estimate of drug-likeness (QED) is 0.606. The van der Waals surface area contributed by atoms with Gasteiger partial charge in [0, 0.05) is 5.56 Å². The summed E-state index contributed by atoms with van der Waals surface area (Å²) >= 11 is 0. The van der Waals surface area contributed by atoms with Gasteiger partial charge in [-0.15, -0.1) is 0 Å². The number of morpholine rings is 2. The van der Waals surface area contributed by atoms with Crippen LogP contribution in [0.5, 0.6) is 5.75 Å². The highest BCUT2D eigenvalue weighted by Crippen LogP contribution is 2.20. The Bertz CT molecular complexity index is 765. The minimum Gasteiger partial charge on any atom is -0.497 e. The van der Waals surface area contributed by atoms with Crippen molar-refractivity contribution in [3.05, 3.63) is 54.0 Å². The molecule has 2 N–H and O–H groups in total. The summed E-state index contributed by atoms with van der Waals surface area (Å²) in [6.07, 6.45) is 1.57. The van der Waals surface area contributed by atoms with E-state index in [9.17, 15) is 4.79 Å². The molecule has 7 heteroatoms. The number of ketones is 1. The summed E-state index contributed by atoms with van der Waals surface area (Å²) < 4.78 is 22.1. The predicted octanol–water partition coefficient (Wildman–Crippen LogP) is -0.589. The van der Waals surface area contributed by atoms with E-state index in [0.717, 1.165) is 37.5 Å². The van der Waals surface area contributed by atoms with Crippen LogP contribution in [-0.2, 0) is 9.47 Å². The summed E-state index contributed by atoms with van der Waals surface area (Å²) in [6.45, 7) is 6.15. The maximum atomic E-state index is 13.7. The van der Waals surface area contributed by atoms with Gasteiger partial charge in [0.25, 0.3) is 5.78 Å². The number of Topliss-reactive ketones (excluding diaryl/α,β-unsaturated/α-hetero) is 1. The molecule has 3 heterocycles. The molecule has 156 valence electrons. The van der Waals surface area contributed by atoms with E-state index in [2.05, 4.69) is 12.1 Å². The molecule has 0 unspecified atom stereocenters. The average molecular weight is 402 g/mol. The second kappa shape index (κ2) is 9.54. The summed E-state index contributed by atoms with van der Waals surface area (Å²) in [4.78, 5) is 16.3. The van der Waals surface area contributed by atoms with Gasteiger partial charge in [0.05, 0.1) is 39.8 Å². The topological polar surface area (TPSA) is 66.8 Å². The molecule has 0 saturated carbocycles. The Labute approximate surface area is 171 Å². The third-order valence-corrected chi connectivity index (χ3v) is 6.00. The monoisotopic (exact) mass is 402 g/mol. The first-order valence-corrected chi connectivity index (χ1v) is 10.3. The fourth-order valence-corrected chi connectivity index (χ4v) is 4.51. The van der Waals surface area contributed by atoms with Crippen LogP contribution >= 0.6 is 0 Å². The smallest absolute Gasteiger partial charge is 0.261 e. The van der Waals surface area contributed by atoms with Crippen molar-refractivity contribution in [1.29, 1.82) is 0 Å². The first kappa shape index (κ1) is 20.1. The van der Waals surface area contributed by atoms with Gasteiger partial charge in [-0.25, -0.2) is 0 Å². The van der Waals surface area contributed by atoms with Crippen LogP contribution in [0.15, 0.2) is 47.1 Å². The second-order valence-electron chi connectivity index (χ2n) is 7.61. The van der Waals surface area contributed by atoms with E-state index in [1.165, 1.54) is 9.80 Å². The van der Waals surface area contributed by atoms with Gasteiger partial charge in [-0.1, -0.05) is 0 Å². The average Bonchev–Trinajstić information content (AvgIpc) is 3.33. The van der Waals surface area contributed by atoms with E-state index in [1.54, 1.807) is 25.5 Å². The minimum absolute atomic E-state index is 0.00973. The number of hydrogen-bond donors (Lipinski definition) is 2. The molecular weight excluding hydrogens is 372 g/mol. The number of hydrogen-bond acceptors (Lipinski definition) is 5. The predicted molar refractivity (Wildman–Crippen MR) is 106 cm³/mol. The van der Waals surface area contributed by atoms with Crippen LogP contribution in [0.1, 0.15) is 22.2 Å². The Balaban J connectivity index is 1.74. The van der Waals surface area contributed by atoms with E-state index in [-0.39, 0.29) is 17.9 Å². The zero-order chi connectivity index (χ0) is 20.1. The Morgan fingerprint density at radius 3 is 2.10 bits per heavy atom. The number of benzene rings is 1. The minimum atomic E-state index is -0.244. The highest BCUT2D eigenvalue weighted by Gasteiger charge is 2.46. The van der Waals surface area contributed by atoms with E-state index in [0.29, 0.717) is 32.2 Å². The van der Waals surface area contributed by atoms with Gasteiger partial charge in [0.2, 0.25) is 6.04 Å². The molecule has 0 bridgehead atoms. The number of ether oxygens (including phenoxy) is 3. The first-order valence-electron chi connectivity index (χ1n) is 10.3. The maximum absolute atomic E-state index is 13.7. The van der Waals surface area contributed by atoms with E-state index in [1.807, 2.05) is 12.1 Å². The van der Waals surface area contributed by atoms with Crippen molar-refractivity contribution in [3.8, 4) is 5.75 Å². The number of quaternary nitrogens is 2. The standard InChI is InChI=1S/C22H28N2O5/c1-26-18-6-4-17(5-7-18)20(23-8-13-27-14-9-23)21(24-10-15-28-16-11-24)22(25)19-3-2-12-29-19/h2-7,12,20-21H,8-11,13-16H2,1H3/p+2/t20-,21-/m1/s1. The molecule has 2 atom stereocenters. The van der Waals surface area contributed by atoms with Crippen LogP contribution in [0.3, 0.4) is 0 Å². The lowest BCUT2D eigenvalue weighted by Crippen LogP contribution is -3.25. The molecule has 2 fully saturated rings. The molecule has 0 radical (unpaired) electrons. The summed E-state index contributed by atoms with van der Waals surface area (Å²) in [6, 6.07) is 11.5. The fraction of sp³-hybridized carbons (Fsp3) is 0.500. The van der Waals surface area contributed by atoms with Crippen molar-refractivity contribution in [2.75, 3.05) is 59.7 Å². The molecule has 2 aliphatic rings. The highest BCUT2D eigenvalue weighted by atomic mass is 16.5. The lowest BCUT2D eigenvalue weighted by atomic mass is 9.91. The van der Waals surface area contributed by atoms with Gasteiger partial charge in [0.15, 0.2) is 11.8 Å². The van der Waals surface area contributed by atoms with Crippen LogP contribution in [0.2, 0.25) is 0 Å². The molecule has 0 amide bonds. The number of rotatable bonds is 7. The van der Waals surface area contributed by atoms with Gasteiger partial charge >= 0.3 is 0 Å². The van der Waals surface area contributed by atoms with Crippen molar-refractivity contribution in [1.82, 2.24) is 0 Å². The van der Waals surface area contributed by atoms with Crippen molar-refractivity contribution in [3.63, 3.8) is 0 Å². The van der Waals surface area contributed by atoms with Crippen molar-refractivity contribution in [2.24, 2.45) is 0 Å². The van der Waals surface area contributed by atoms with Crippen molar-refractivity contribution in [2.45, 2.75) is 12.1 Å². The molecule has 0 spiro atoms. The molecule has 7 nitrogen and oxygen atoms in total. The number of carbonyl (C=O) groups excluding carboxylic acids is 1. The number of nitrogens with one attached hydrogen (secondary N) is 2. The van der Waals surface area contributed by atoms with Crippen molar-refractivity contribution < 1.29 is 33.2 Å². The molecule has 2 aromatic rings.